The van der Waals surface area contributed by atoms with Gasteiger partial charge in [-0.05, 0) is 31.0 Å². The van der Waals surface area contributed by atoms with E-state index in [1.165, 1.54) is 13.8 Å². The Morgan fingerprint density at radius 3 is 2.69 bits per heavy atom. The fourth-order valence-electron chi connectivity index (χ4n) is 3.89. The first-order valence-corrected chi connectivity index (χ1v) is 15.8. The Balaban J connectivity index is 1.37. The van der Waals surface area contributed by atoms with Crippen LogP contribution in [0.5, 0.6) is 0 Å². The van der Waals surface area contributed by atoms with Crippen LogP contribution >= 0.6 is 27.2 Å². The van der Waals surface area contributed by atoms with E-state index in [1.807, 2.05) is 0 Å². The average Bonchev–Trinajstić information content (AvgIpc) is 3.46. The summed E-state index contributed by atoms with van der Waals surface area (Å²) in [6.07, 6.45) is -5.74. The fourth-order valence-corrected chi connectivity index (χ4v) is 7.04. The Morgan fingerprint density at radius 2 is 2.00 bits per heavy atom. The third-order valence-electron chi connectivity index (χ3n) is 5.83. The molecular formula is C22H28ClFN6O10P2. The summed E-state index contributed by atoms with van der Waals surface area (Å²) in [4.78, 5) is 34.4. The third-order valence-corrected chi connectivity index (χ3v) is 9.46. The SMILES string of the molecule is CCOP(=O)(N[C@@H](C)C(=O)OCc1ccccc1)OP(=O)(O)OC[C@H]1O[C@@H](n2cnc3c(N)nc(Cl)nc32)[C@H](F)C1O. The Morgan fingerprint density at radius 1 is 1.29 bits per heavy atom. The van der Waals surface area contributed by atoms with E-state index in [1.54, 1.807) is 30.3 Å². The molecule has 1 aliphatic heterocycles. The lowest BCUT2D eigenvalue weighted by Gasteiger charge is -2.24. The number of nitrogens with two attached hydrogens (primary N) is 1. The molecule has 1 fully saturated rings. The van der Waals surface area contributed by atoms with Gasteiger partial charge in [0.1, 0.15) is 30.4 Å². The number of halogens is 2. The van der Waals surface area contributed by atoms with Crippen molar-refractivity contribution < 1.29 is 51.1 Å². The molecule has 16 nitrogen and oxygen atoms in total. The number of esters is 1. The van der Waals surface area contributed by atoms with Gasteiger partial charge in [-0.15, -0.1) is 0 Å². The van der Waals surface area contributed by atoms with Crippen LogP contribution < -0.4 is 10.8 Å². The maximum Gasteiger partial charge on any atom is 0.480 e. The van der Waals surface area contributed by atoms with Crippen LogP contribution in [0.2, 0.25) is 5.28 Å². The molecule has 7 atom stereocenters. The summed E-state index contributed by atoms with van der Waals surface area (Å²) in [6.45, 7) is 1.51. The molecule has 2 aromatic heterocycles. The van der Waals surface area contributed by atoms with Crippen LogP contribution in [-0.4, -0.2) is 73.1 Å². The number of nitrogens with zero attached hydrogens (tertiary/aromatic N) is 4. The van der Waals surface area contributed by atoms with Gasteiger partial charge in [-0.25, -0.2) is 23.6 Å². The lowest BCUT2D eigenvalue weighted by molar-refractivity contribution is -0.146. The molecular weight excluding hydrogens is 625 g/mol. The van der Waals surface area contributed by atoms with Gasteiger partial charge in [0.2, 0.25) is 5.28 Å². The summed E-state index contributed by atoms with van der Waals surface area (Å²) in [5, 5.41) is 12.4. The molecule has 3 unspecified atom stereocenters. The highest BCUT2D eigenvalue weighted by atomic mass is 35.5. The summed E-state index contributed by atoms with van der Waals surface area (Å²) in [5.74, 6) is -0.916. The number of aliphatic hydroxyl groups is 1. The molecule has 0 radical (unpaired) electrons. The van der Waals surface area contributed by atoms with Gasteiger partial charge in [-0.2, -0.15) is 14.3 Å². The number of nitrogen functional groups attached to an aromatic ring is 1. The molecule has 230 valence electrons. The molecule has 3 heterocycles. The van der Waals surface area contributed by atoms with Crippen molar-refractivity contribution in [3.05, 3.63) is 47.5 Å². The van der Waals surface area contributed by atoms with Crippen molar-refractivity contribution in [2.75, 3.05) is 18.9 Å². The number of rotatable bonds is 13. The Kier molecular flexibility index (Phi) is 10.3. The molecule has 3 aromatic rings. The number of hydrogen-bond acceptors (Lipinski definition) is 13. The zero-order valence-corrected chi connectivity index (χ0v) is 24.7. The van der Waals surface area contributed by atoms with Crippen LogP contribution in [0.15, 0.2) is 36.7 Å². The van der Waals surface area contributed by atoms with Gasteiger partial charge in [0.05, 0.1) is 19.5 Å². The van der Waals surface area contributed by atoms with E-state index in [-0.39, 0.29) is 35.5 Å². The highest BCUT2D eigenvalue weighted by Crippen LogP contribution is 2.61. The lowest BCUT2D eigenvalue weighted by Crippen LogP contribution is -2.34. The van der Waals surface area contributed by atoms with Crippen molar-refractivity contribution in [3.8, 4) is 0 Å². The number of imidazole rings is 1. The highest BCUT2D eigenvalue weighted by molar-refractivity contribution is 7.63. The minimum absolute atomic E-state index is 0.0187. The zero-order chi connectivity index (χ0) is 30.7. The van der Waals surface area contributed by atoms with Gasteiger partial charge in [0, 0.05) is 0 Å². The molecule has 1 aliphatic rings. The Labute approximate surface area is 243 Å². The number of carbonyl (C=O) groups is 1. The number of alkyl halides is 1. The van der Waals surface area contributed by atoms with E-state index in [9.17, 15) is 23.9 Å². The fraction of sp³-hybridized carbons (Fsp3) is 0.455. The maximum absolute atomic E-state index is 15.0. The normalized spacial score (nSPS) is 24.2. The van der Waals surface area contributed by atoms with Gasteiger partial charge in [-0.3, -0.25) is 18.4 Å². The number of benzene rings is 1. The Bertz CT molecular complexity index is 1500. The monoisotopic (exact) mass is 652 g/mol. The first-order valence-electron chi connectivity index (χ1n) is 12.4. The molecule has 0 bridgehead atoms. The number of anilines is 1. The van der Waals surface area contributed by atoms with Crippen molar-refractivity contribution in [1.29, 1.82) is 0 Å². The first kappa shape index (κ1) is 32.4. The van der Waals surface area contributed by atoms with E-state index in [0.717, 1.165) is 10.9 Å². The quantitative estimate of drug-likeness (QED) is 0.118. The molecule has 4 rings (SSSR count). The smallest absolute Gasteiger partial charge is 0.460 e. The largest absolute Gasteiger partial charge is 0.480 e. The number of hydrogen-bond donors (Lipinski definition) is 4. The van der Waals surface area contributed by atoms with Crippen molar-refractivity contribution in [2.24, 2.45) is 0 Å². The molecule has 0 saturated carbocycles. The minimum Gasteiger partial charge on any atom is -0.460 e. The van der Waals surface area contributed by atoms with Crippen LogP contribution in [0.4, 0.5) is 10.2 Å². The van der Waals surface area contributed by atoms with Gasteiger partial charge in [-0.1, -0.05) is 30.3 Å². The van der Waals surface area contributed by atoms with Gasteiger partial charge in [0.15, 0.2) is 23.9 Å². The predicted octanol–water partition coefficient (Wildman–Crippen LogP) is 2.66. The lowest BCUT2D eigenvalue weighted by atomic mass is 10.1. The van der Waals surface area contributed by atoms with Crippen LogP contribution in [0.1, 0.15) is 25.6 Å². The standard InChI is InChI=1S/C22H28ClFN6O10P2/c1-3-37-41(33,29-12(2)21(32)36-9-13-7-5-4-6-8-13)40-42(34,35)38-10-14-17(31)15(24)20(39-14)30-11-26-16-18(25)27-22(23)28-19(16)30/h4-8,11-12,14-15,17,20,31H,3,9-10H2,1-2H3,(H,29,33)(H,34,35)(H2,25,27,28)/t12-,14+,15+,17?,20+,41?/m0/s1. The van der Waals surface area contributed by atoms with Crippen LogP contribution in [0.25, 0.3) is 11.2 Å². The zero-order valence-electron chi connectivity index (χ0n) is 22.1. The highest BCUT2D eigenvalue weighted by Gasteiger charge is 2.47. The summed E-state index contributed by atoms with van der Waals surface area (Å²) in [6, 6.07) is 7.47. The molecule has 42 heavy (non-hydrogen) atoms. The van der Waals surface area contributed by atoms with Crippen LogP contribution in [0, 0.1) is 0 Å². The second-order valence-electron chi connectivity index (χ2n) is 8.91. The third kappa shape index (κ3) is 7.68. The van der Waals surface area contributed by atoms with Crippen LogP contribution in [-0.2, 0) is 43.4 Å². The molecule has 0 spiro atoms. The maximum atomic E-state index is 15.0. The Hall–Kier alpha value is -2.56. The predicted molar refractivity (Wildman–Crippen MR) is 144 cm³/mol. The number of nitrogens with one attached hydrogen (secondary N) is 1. The number of carbonyl (C=O) groups excluding carboxylic acids is 1. The van der Waals surface area contributed by atoms with Crippen molar-refractivity contribution >= 4 is 50.1 Å². The number of phosphoric acid groups is 1. The van der Waals surface area contributed by atoms with E-state index in [4.69, 9.17) is 40.2 Å². The number of aromatic nitrogens is 4. The van der Waals surface area contributed by atoms with E-state index >= 15 is 4.39 Å². The number of aliphatic hydroxyl groups excluding tert-OH is 1. The van der Waals surface area contributed by atoms with Crippen molar-refractivity contribution in [1.82, 2.24) is 24.6 Å². The number of ether oxygens (including phenoxy) is 2. The first-order chi connectivity index (χ1) is 19.8. The number of fused-ring (bicyclic) bond motifs is 1. The summed E-state index contributed by atoms with van der Waals surface area (Å²) in [5.41, 5.74) is 6.59. The summed E-state index contributed by atoms with van der Waals surface area (Å²) >= 11 is 5.83. The second-order valence-corrected chi connectivity index (χ2v) is 12.6. The van der Waals surface area contributed by atoms with Crippen molar-refractivity contribution in [2.45, 2.75) is 51.1 Å². The second kappa shape index (κ2) is 13.4. The topological polar surface area (TPSA) is 219 Å². The summed E-state index contributed by atoms with van der Waals surface area (Å²) in [7, 11) is -9.86. The summed E-state index contributed by atoms with van der Waals surface area (Å²) < 4.78 is 67.3. The molecule has 5 N–H and O–H groups in total. The average molecular weight is 653 g/mol. The number of phosphoric ester groups is 1. The molecule has 0 amide bonds. The van der Waals surface area contributed by atoms with E-state index in [0.29, 0.717) is 5.56 Å². The molecule has 20 heteroatoms. The van der Waals surface area contributed by atoms with Gasteiger partial charge in [0.25, 0.3) is 0 Å². The van der Waals surface area contributed by atoms with Crippen molar-refractivity contribution in [3.63, 3.8) is 0 Å². The van der Waals surface area contributed by atoms with Gasteiger partial charge >= 0.3 is 21.5 Å². The van der Waals surface area contributed by atoms with Crippen LogP contribution in [0.3, 0.4) is 0 Å². The van der Waals surface area contributed by atoms with Gasteiger partial charge < -0.3 is 25.2 Å². The molecule has 1 aromatic carbocycles. The molecule has 0 aliphatic carbocycles. The van der Waals surface area contributed by atoms with E-state index in [2.05, 4.69) is 20.0 Å². The molecule has 1 saturated heterocycles. The van der Waals surface area contributed by atoms with E-state index < -0.39 is 58.8 Å². The minimum atomic E-state index is -5.21.